The van der Waals surface area contributed by atoms with E-state index in [2.05, 4.69) is 29.3 Å². The Labute approximate surface area is 108 Å². The smallest absolute Gasteiger partial charge is 0.0625 e. The molecule has 3 nitrogen and oxygen atoms in total. The summed E-state index contributed by atoms with van der Waals surface area (Å²) in [5, 5.41) is 7.78. The minimum absolute atomic E-state index is 0.748. The summed E-state index contributed by atoms with van der Waals surface area (Å²) in [5.74, 6) is 2.63. The van der Waals surface area contributed by atoms with Crippen LogP contribution in [0.1, 0.15) is 23.9 Å². The van der Waals surface area contributed by atoms with Crippen molar-refractivity contribution in [3.05, 3.63) is 47.3 Å². The molecule has 2 rings (SSSR count). The molecule has 0 unspecified atom stereocenters. The van der Waals surface area contributed by atoms with Gasteiger partial charge in [0, 0.05) is 18.3 Å². The van der Waals surface area contributed by atoms with Crippen LogP contribution in [0.5, 0.6) is 0 Å². The van der Waals surface area contributed by atoms with E-state index < -0.39 is 0 Å². The molecule has 0 bridgehead atoms. The first kappa shape index (κ1) is 12.3. The van der Waals surface area contributed by atoms with E-state index >= 15 is 0 Å². The second-order valence-electron chi connectivity index (χ2n) is 4.18. The number of anilines is 1. The molecule has 0 radical (unpaired) electrons. The Morgan fingerprint density at radius 2 is 2.22 bits per heavy atom. The monoisotopic (exact) mass is 239 g/mol. The number of terminal acetylenes is 1. The minimum Gasteiger partial charge on any atom is -0.379 e. The van der Waals surface area contributed by atoms with E-state index in [1.54, 1.807) is 0 Å². The van der Waals surface area contributed by atoms with Crippen LogP contribution in [-0.2, 0) is 20.0 Å². The van der Waals surface area contributed by atoms with Crippen LogP contribution in [0.4, 0.5) is 5.69 Å². The van der Waals surface area contributed by atoms with Crippen molar-refractivity contribution >= 4 is 5.69 Å². The van der Waals surface area contributed by atoms with E-state index in [1.165, 1.54) is 0 Å². The number of nitrogens with one attached hydrogen (secondary N) is 1. The Morgan fingerprint density at radius 3 is 2.89 bits per heavy atom. The molecule has 1 heterocycles. The van der Waals surface area contributed by atoms with Crippen LogP contribution in [0.15, 0.2) is 30.3 Å². The predicted molar refractivity (Wildman–Crippen MR) is 74.3 cm³/mol. The molecule has 92 valence electrons. The van der Waals surface area contributed by atoms with Gasteiger partial charge in [0.2, 0.25) is 0 Å². The van der Waals surface area contributed by atoms with Crippen LogP contribution >= 0.6 is 0 Å². The Hall–Kier alpha value is -2.21. The number of hydrogen-bond donors (Lipinski definition) is 1. The zero-order valence-corrected chi connectivity index (χ0v) is 10.8. The number of aryl methyl sites for hydroxylation is 2. The van der Waals surface area contributed by atoms with E-state index in [4.69, 9.17) is 6.42 Å². The molecule has 1 aromatic carbocycles. The molecular formula is C15H17N3. The van der Waals surface area contributed by atoms with Crippen molar-refractivity contribution in [2.24, 2.45) is 7.05 Å². The van der Waals surface area contributed by atoms with Crippen molar-refractivity contribution < 1.29 is 0 Å². The second-order valence-corrected chi connectivity index (χ2v) is 4.18. The first-order chi connectivity index (χ1) is 8.72. The highest BCUT2D eigenvalue weighted by atomic mass is 15.3. The van der Waals surface area contributed by atoms with E-state index in [9.17, 15) is 0 Å². The summed E-state index contributed by atoms with van der Waals surface area (Å²) < 4.78 is 1.91. The van der Waals surface area contributed by atoms with Crippen molar-refractivity contribution in [3.8, 4) is 12.3 Å². The lowest BCUT2D eigenvalue weighted by Crippen LogP contribution is -2.05. The molecule has 18 heavy (non-hydrogen) atoms. The first-order valence-corrected chi connectivity index (χ1v) is 6.05. The largest absolute Gasteiger partial charge is 0.379 e. The summed E-state index contributed by atoms with van der Waals surface area (Å²) >= 11 is 0. The van der Waals surface area contributed by atoms with Crippen LogP contribution in [0.25, 0.3) is 0 Å². The van der Waals surface area contributed by atoms with Gasteiger partial charge in [0.15, 0.2) is 0 Å². The molecule has 0 amide bonds. The summed E-state index contributed by atoms with van der Waals surface area (Å²) in [6.07, 6.45) is 6.34. The van der Waals surface area contributed by atoms with Gasteiger partial charge in [-0.1, -0.05) is 18.9 Å². The van der Waals surface area contributed by atoms with Gasteiger partial charge in [-0.15, -0.1) is 6.42 Å². The molecule has 0 atom stereocenters. The zero-order valence-electron chi connectivity index (χ0n) is 10.8. The Kier molecular flexibility index (Phi) is 3.69. The summed E-state index contributed by atoms with van der Waals surface area (Å²) in [7, 11) is 1.97. The van der Waals surface area contributed by atoms with Gasteiger partial charge in [-0.25, -0.2) is 0 Å². The maximum atomic E-state index is 5.38. The third-order valence-electron chi connectivity index (χ3n) is 2.89. The van der Waals surface area contributed by atoms with Gasteiger partial charge in [0.25, 0.3) is 0 Å². The average molecular weight is 239 g/mol. The van der Waals surface area contributed by atoms with Gasteiger partial charge in [0.05, 0.1) is 17.9 Å². The lowest BCUT2D eigenvalue weighted by molar-refractivity contribution is 0.707. The van der Waals surface area contributed by atoms with Gasteiger partial charge in [-0.3, -0.25) is 4.68 Å². The highest BCUT2D eigenvalue weighted by Gasteiger charge is 2.03. The van der Waals surface area contributed by atoms with E-state index in [0.717, 1.165) is 35.6 Å². The minimum atomic E-state index is 0.748. The van der Waals surface area contributed by atoms with Crippen molar-refractivity contribution in [1.29, 1.82) is 0 Å². The van der Waals surface area contributed by atoms with Gasteiger partial charge in [-0.05, 0) is 30.7 Å². The molecule has 1 N–H and O–H groups in total. The number of aromatic nitrogens is 2. The quantitative estimate of drug-likeness (QED) is 0.831. The molecule has 1 aromatic heterocycles. The number of nitrogens with zero attached hydrogens (tertiary/aromatic N) is 2. The van der Waals surface area contributed by atoms with Crippen molar-refractivity contribution in [2.75, 3.05) is 5.32 Å². The van der Waals surface area contributed by atoms with E-state index in [-0.39, 0.29) is 0 Å². The van der Waals surface area contributed by atoms with Crippen molar-refractivity contribution in [1.82, 2.24) is 9.78 Å². The van der Waals surface area contributed by atoms with Crippen molar-refractivity contribution in [2.45, 2.75) is 19.9 Å². The lowest BCUT2D eigenvalue weighted by atomic mass is 10.2. The molecule has 0 spiro atoms. The van der Waals surface area contributed by atoms with Crippen LogP contribution in [-0.4, -0.2) is 9.78 Å². The molecule has 0 aliphatic rings. The highest BCUT2D eigenvalue weighted by Crippen LogP contribution is 2.12. The maximum Gasteiger partial charge on any atom is 0.0625 e. The van der Waals surface area contributed by atoms with Crippen LogP contribution < -0.4 is 5.32 Å². The summed E-state index contributed by atoms with van der Waals surface area (Å²) in [4.78, 5) is 0. The SMILES string of the molecule is C#Cc1cccc(NCc2cc(CC)nn2C)c1. The average Bonchev–Trinajstić information content (AvgIpc) is 2.77. The van der Waals surface area contributed by atoms with Crippen molar-refractivity contribution in [3.63, 3.8) is 0 Å². The third kappa shape index (κ3) is 2.72. The Balaban J connectivity index is 2.06. The van der Waals surface area contributed by atoms with Gasteiger partial charge in [-0.2, -0.15) is 5.10 Å². The predicted octanol–water partition coefficient (Wildman–Crippen LogP) is 2.58. The molecule has 0 saturated heterocycles. The fourth-order valence-corrected chi connectivity index (χ4v) is 1.82. The van der Waals surface area contributed by atoms with Gasteiger partial charge < -0.3 is 5.32 Å². The standard InChI is InChI=1S/C15H17N3/c1-4-12-7-6-8-14(9-12)16-11-15-10-13(5-2)17-18(15)3/h1,6-10,16H,5,11H2,2-3H3. The normalized spacial score (nSPS) is 10.1. The molecule has 0 aliphatic heterocycles. The number of hydrogen-bond acceptors (Lipinski definition) is 2. The summed E-state index contributed by atoms with van der Waals surface area (Å²) in [6.45, 7) is 2.85. The number of rotatable bonds is 4. The first-order valence-electron chi connectivity index (χ1n) is 6.05. The molecule has 0 fully saturated rings. The maximum absolute atomic E-state index is 5.38. The van der Waals surface area contributed by atoms with Crippen LogP contribution in [0.3, 0.4) is 0 Å². The number of benzene rings is 1. The summed E-state index contributed by atoms with van der Waals surface area (Å²) in [6, 6.07) is 9.98. The topological polar surface area (TPSA) is 29.9 Å². The van der Waals surface area contributed by atoms with Gasteiger partial charge >= 0.3 is 0 Å². The highest BCUT2D eigenvalue weighted by molar-refractivity contribution is 5.50. The Morgan fingerprint density at radius 1 is 1.39 bits per heavy atom. The zero-order chi connectivity index (χ0) is 13.0. The molecule has 3 heteroatoms. The van der Waals surface area contributed by atoms with Crippen LogP contribution in [0, 0.1) is 12.3 Å². The van der Waals surface area contributed by atoms with E-state index in [0.29, 0.717) is 0 Å². The lowest BCUT2D eigenvalue weighted by Gasteiger charge is -2.06. The van der Waals surface area contributed by atoms with Gasteiger partial charge in [0.1, 0.15) is 0 Å². The molecule has 0 saturated carbocycles. The molecule has 2 aromatic rings. The Bertz CT molecular complexity index is 576. The fourth-order valence-electron chi connectivity index (χ4n) is 1.82. The second kappa shape index (κ2) is 5.42. The summed E-state index contributed by atoms with van der Waals surface area (Å²) in [5.41, 5.74) is 4.20. The molecule has 0 aliphatic carbocycles. The van der Waals surface area contributed by atoms with Crippen LogP contribution in [0.2, 0.25) is 0 Å². The fraction of sp³-hybridized carbons (Fsp3) is 0.267. The molecular weight excluding hydrogens is 222 g/mol. The third-order valence-corrected chi connectivity index (χ3v) is 2.89. The van der Waals surface area contributed by atoms with E-state index in [1.807, 2.05) is 36.0 Å².